The number of aryl methyl sites for hydroxylation is 1. The topological polar surface area (TPSA) is 110 Å². The zero-order valence-electron chi connectivity index (χ0n) is 16.3. The molecular weight excluding hydrogens is 392 g/mol. The minimum Gasteiger partial charge on any atom is -0.324 e. The van der Waals surface area contributed by atoms with E-state index in [-0.39, 0.29) is 10.8 Å². The molecule has 0 aliphatic heterocycles. The number of amides is 1. The van der Waals surface area contributed by atoms with Crippen LogP contribution in [0.1, 0.15) is 17.2 Å². The number of rotatable bonds is 7. The van der Waals surface area contributed by atoms with Gasteiger partial charge in [-0.1, -0.05) is 36.4 Å². The monoisotopic (exact) mass is 414 g/mol. The van der Waals surface area contributed by atoms with Gasteiger partial charge in [0.25, 0.3) is 0 Å². The molecule has 1 N–H and O–H groups in total. The van der Waals surface area contributed by atoms with Crippen molar-refractivity contribution in [3.8, 4) is 0 Å². The summed E-state index contributed by atoms with van der Waals surface area (Å²) in [6.45, 7) is 1.80. The van der Waals surface area contributed by atoms with E-state index in [1.807, 2.05) is 30.3 Å². The van der Waals surface area contributed by atoms with Crippen LogP contribution >= 0.6 is 0 Å². The summed E-state index contributed by atoms with van der Waals surface area (Å²) in [5.41, 5.74) is 2.11. The van der Waals surface area contributed by atoms with E-state index >= 15 is 0 Å². The van der Waals surface area contributed by atoms with Gasteiger partial charge < -0.3 is 5.32 Å². The Hall–Kier alpha value is -3.11. The van der Waals surface area contributed by atoms with Crippen LogP contribution in [0.3, 0.4) is 0 Å². The summed E-state index contributed by atoms with van der Waals surface area (Å²) in [5.74, 6) is -0.344. The van der Waals surface area contributed by atoms with Gasteiger partial charge in [-0.25, -0.2) is 17.4 Å². The Morgan fingerprint density at radius 2 is 1.90 bits per heavy atom. The number of sulfonamides is 1. The van der Waals surface area contributed by atoms with E-state index in [1.54, 1.807) is 13.0 Å². The van der Waals surface area contributed by atoms with E-state index < -0.39 is 16.1 Å². The summed E-state index contributed by atoms with van der Waals surface area (Å²) < 4.78 is 27.4. The second kappa shape index (κ2) is 8.50. The lowest BCUT2D eigenvalue weighted by molar-refractivity contribution is -0.119. The average Bonchev–Trinajstić information content (AvgIpc) is 3.22. The number of aromatic nitrogens is 4. The zero-order valence-corrected chi connectivity index (χ0v) is 17.2. The van der Waals surface area contributed by atoms with Crippen LogP contribution in [0.2, 0.25) is 0 Å². The van der Waals surface area contributed by atoms with Crippen molar-refractivity contribution >= 4 is 21.6 Å². The van der Waals surface area contributed by atoms with Crippen molar-refractivity contribution in [3.63, 3.8) is 0 Å². The molecule has 29 heavy (non-hydrogen) atoms. The molecule has 3 aromatic rings. The van der Waals surface area contributed by atoms with E-state index in [2.05, 4.69) is 20.8 Å². The Labute approximate surface area is 169 Å². The van der Waals surface area contributed by atoms with Crippen LogP contribution < -0.4 is 5.32 Å². The van der Waals surface area contributed by atoms with Crippen LogP contribution in [-0.4, -0.2) is 52.9 Å². The van der Waals surface area contributed by atoms with Crippen molar-refractivity contribution in [1.82, 2.24) is 24.5 Å². The molecule has 0 radical (unpaired) electrons. The largest absolute Gasteiger partial charge is 0.324 e. The maximum atomic E-state index is 13.1. The maximum Gasteiger partial charge on any atom is 0.249 e. The fraction of sp³-hybridized carbons (Fsp3) is 0.263. The van der Waals surface area contributed by atoms with Crippen molar-refractivity contribution in [2.45, 2.75) is 24.3 Å². The van der Waals surface area contributed by atoms with Crippen LogP contribution in [0.4, 0.5) is 5.69 Å². The first-order chi connectivity index (χ1) is 13.8. The molecule has 0 fully saturated rings. The SMILES string of the molecule is Cc1ccc(S(=O)(=O)N(C)C)cc1NC(=O)[C@H](Cc1ccccc1)n1cnnn1. The first-order valence-electron chi connectivity index (χ1n) is 8.89. The number of nitrogens with zero attached hydrogens (tertiary/aromatic N) is 5. The summed E-state index contributed by atoms with van der Waals surface area (Å²) in [5, 5.41) is 14.0. The lowest BCUT2D eigenvalue weighted by Crippen LogP contribution is -2.29. The summed E-state index contributed by atoms with van der Waals surface area (Å²) in [6, 6.07) is 13.5. The quantitative estimate of drug-likeness (QED) is 0.630. The van der Waals surface area contributed by atoms with Crippen LogP contribution in [0.5, 0.6) is 0 Å². The van der Waals surface area contributed by atoms with Crippen molar-refractivity contribution in [1.29, 1.82) is 0 Å². The molecule has 2 aromatic carbocycles. The predicted molar refractivity (Wildman–Crippen MR) is 108 cm³/mol. The van der Waals surface area contributed by atoms with Crippen molar-refractivity contribution < 1.29 is 13.2 Å². The molecule has 1 aromatic heterocycles. The molecule has 1 heterocycles. The number of anilines is 1. The van der Waals surface area contributed by atoms with Gasteiger partial charge in [0, 0.05) is 26.2 Å². The Morgan fingerprint density at radius 3 is 2.52 bits per heavy atom. The average molecular weight is 414 g/mol. The fourth-order valence-corrected chi connectivity index (χ4v) is 3.71. The number of hydrogen-bond acceptors (Lipinski definition) is 6. The number of benzene rings is 2. The van der Waals surface area contributed by atoms with E-state index in [0.29, 0.717) is 12.1 Å². The minimum absolute atomic E-state index is 0.102. The first kappa shape index (κ1) is 20.6. The molecule has 3 rings (SSSR count). The number of nitrogens with one attached hydrogen (secondary N) is 1. The van der Waals surface area contributed by atoms with Crippen molar-refractivity contribution in [3.05, 3.63) is 66.0 Å². The van der Waals surface area contributed by atoms with Gasteiger partial charge in [0.15, 0.2) is 0 Å². The molecular formula is C19H22N6O3S. The standard InChI is InChI=1S/C19H22N6O3S/c1-14-9-10-16(29(27,28)24(2)3)12-17(14)21-19(26)18(25-13-20-22-23-25)11-15-7-5-4-6-8-15/h4-10,12-13,18H,11H2,1-3H3,(H,21,26)/t18-/m0/s1. The zero-order chi connectivity index (χ0) is 21.0. The molecule has 152 valence electrons. The molecule has 0 aliphatic carbocycles. The Bertz CT molecular complexity index is 1080. The number of hydrogen-bond donors (Lipinski definition) is 1. The summed E-state index contributed by atoms with van der Waals surface area (Å²) in [4.78, 5) is 13.2. The van der Waals surface area contributed by atoms with Gasteiger partial charge in [-0.3, -0.25) is 4.79 Å². The highest BCUT2D eigenvalue weighted by Crippen LogP contribution is 2.24. The molecule has 0 unspecified atom stereocenters. The minimum atomic E-state index is -3.62. The lowest BCUT2D eigenvalue weighted by atomic mass is 10.1. The normalized spacial score (nSPS) is 12.7. The Balaban J connectivity index is 1.90. The first-order valence-corrected chi connectivity index (χ1v) is 10.3. The van der Waals surface area contributed by atoms with Gasteiger partial charge in [0.05, 0.1) is 4.90 Å². The highest BCUT2D eigenvalue weighted by molar-refractivity contribution is 7.89. The molecule has 0 spiro atoms. The smallest absolute Gasteiger partial charge is 0.249 e. The molecule has 10 heteroatoms. The van der Waals surface area contributed by atoms with E-state index in [1.165, 1.54) is 37.2 Å². The molecule has 0 saturated heterocycles. The molecule has 1 amide bonds. The summed E-state index contributed by atoms with van der Waals surface area (Å²) >= 11 is 0. The van der Waals surface area contributed by atoms with Gasteiger partial charge in [-0.05, 0) is 40.6 Å². The van der Waals surface area contributed by atoms with Gasteiger partial charge in [-0.2, -0.15) is 0 Å². The Morgan fingerprint density at radius 1 is 1.17 bits per heavy atom. The maximum absolute atomic E-state index is 13.1. The molecule has 0 bridgehead atoms. The Kier molecular flexibility index (Phi) is 6.04. The molecule has 9 nitrogen and oxygen atoms in total. The van der Waals surface area contributed by atoms with E-state index in [9.17, 15) is 13.2 Å². The van der Waals surface area contributed by atoms with E-state index in [0.717, 1.165) is 15.4 Å². The van der Waals surface area contributed by atoms with Crippen LogP contribution in [-0.2, 0) is 21.2 Å². The highest BCUT2D eigenvalue weighted by Gasteiger charge is 2.24. The van der Waals surface area contributed by atoms with Gasteiger partial charge >= 0.3 is 0 Å². The number of tetrazole rings is 1. The third-order valence-electron chi connectivity index (χ3n) is 4.50. The number of carbonyl (C=O) groups is 1. The van der Waals surface area contributed by atoms with Crippen LogP contribution in [0, 0.1) is 6.92 Å². The lowest BCUT2D eigenvalue weighted by Gasteiger charge is -2.18. The molecule has 1 atom stereocenters. The second-order valence-corrected chi connectivity index (χ2v) is 8.90. The number of carbonyl (C=O) groups excluding carboxylic acids is 1. The summed E-state index contributed by atoms with van der Waals surface area (Å²) in [7, 11) is -0.701. The van der Waals surface area contributed by atoms with Gasteiger partial charge in [0.1, 0.15) is 12.4 Å². The predicted octanol–water partition coefficient (Wildman–Crippen LogP) is 1.65. The van der Waals surface area contributed by atoms with Gasteiger partial charge in [-0.15, -0.1) is 5.10 Å². The van der Waals surface area contributed by atoms with Gasteiger partial charge in [0.2, 0.25) is 15.9 Å². The molecule has 0 saturated carbocycles. The second-order valence-electron chi connectivity index (χ2n) is 6.75. The van der Waals surface area contributed by atoms with Crippen molar-refractivity contribution in [2.75, 3.05) is 19.4 Å². The van der Waals surface area contributed by atoms with E-state index in [4.69, 9.17) is 0 Å². The third kappa shape index (κ3) is 4.66. The summed E-state index contributed by atoms with van der Waals surface area (Å²) in [6.07, 6.45) is 1.76. The highest BCUT2D eigenvalue weighted by atomic mass is 32.2. The van der Waals surface area contributed by atoms with Crippen molar-refractivity contribution in [2.24, 2.45) is 0 Å². The van der Waals surface area contributed by atoms with Crippen LogP contribution in [0.25, 0.3) is 0 Å². The fourth-order valence-electron chi connectivity index (χ4n) is 2.78. The molecule has 0 aliphatic rings. The van der Waals surface area contributed by atoms with Crippen LogP contribution in [0.15, 0.2) is 59.8 Å². The third-order valence-corrected chi connectivity index (χ3v) is 6.32.